The van der Waals surface area contributed by atoms with E-state index in [4.69, 9.17) is 34.8 Å². The summed E-state index contributed by atoms with van der Waals surface area (Å²) in [5.74, 6) is 0.573. The van der Waals surface area contributed by atoms with Crippen LogP contribution in [0.1, 0.15) is 24.3 Å². The Labute approximate surface area is 133 Å². The Morgan fingerprint density at radius 2 is 1.70 bits per heavy atom. The van der Waals surface area contributed by atoms with Crippen LogP contribution in [0.25, 0.3) is 0 Å². The van der Waals surface area contributed by atoms with Gasteiger partial charge in [-0.15, -0.1) is 0 Å². The molecule has 0 radical (unpaired) electrons. The number of hydrogen-bond acceptors (Lipinski definition) is 1. The standard InChI is InChI=1S/C16H14Cl3N/c17-12-4-1-3-10(7-12)11-8-13(9-11)20-15-6-2-5-14(18)16(15)19/h1-7,11,13,20H,8-9H2. The zero-order valence-electron chi connectivity index (χ0n) is 10.7. The largest absolute Gasteiger partial charge is 0.381 e. The Bertz CT molecular complexity index is 621. The van der Waals surface area contributed by atoms with Crippen molar-refractivity contribution in [1.82, 2.24) is 0 Å². The lowest BCUT2D eigenvalue weighted by Crippen LogP contribution is -2.34. The monoisotopic (exact) mass is 325 g/mol. The van der Waals surface area contributed by atoms with Crippen LogP contribution in [0.2, 0.25) is 15.1 Å². The second kappa shape index (κ2) is 5.85. The minimum absolute atomic E-state index is 0.440. The van der Waals surface area contributed by atoms with Gasteiger partial charge in [-0.3, -0.25) is 0 Å². The highest BCUT2D eigenvalue weighted by Gasteiger charge is 2.30. The van der Waals surface area contributed by atoms with E-state index in [9.17, 15) is 0 Å². The lowest BCUT2D eigenvalue weighted by molar-refractivity contribution is 0.374. The van der Waals surface area contributed by atoms with Crippen molar-refractivity contribution >= 4 is 40.5 Å². The van der Waals surface area contributed by atoms with Gasteiger partial charge in [0, 0.05) is 11.1 Å². The molecule has 1 saturated carbocycles. The lowest BCUT2D eigenvalue weighted by Gasteiger charge is -2.37. The normalized spacial score (nSPS) is 21.4. The van der Waals surface area contributed by atoms with E-state index < -0.39 is 0 Å². The summed E-state index contributed by atoms with van der Waals surface area (Å²) in [4.78, 5) is 0. The summed E-state index contributed by atoms with van der Waals surface area (Å²) < 4.78 is 0. The molecule has 0 heterocycles. The highest BCUT2D eigenvalue weighted by atomic mass is 35.5. The molecular weight excluding hydrogens is 313 g/mol. The van der Waals surface area contributed by atoms with Gasteiger partial charge < -0.3 is 5.32 Å². The summed E-state index contributed by atoms with van der Waals surface area (Å²) in [6.45, 7) is 0. The van der Waals surface area contributed by atoms with Gasteiger partial charge in [-0.2, -0.15) is 0 Å². The van der Waals surface area contributed by atoms with Gasteiger partial charge in [0.1, 0.15) is 0 Å². The Hall–Kier alpha value is -0.890. The topological polar surface area (TPSA) is 12.0 Å². The van der Waals surface area contributed by atoms with Gasteiger partial charge in [0.2, 0.25) is 0 Å². The van der Waals surface area contributed by atoms with E-state index in [1.54, 1.807) is 6.07 Å². The third kappa shape index (κ3) is 2.90. The number of hydrogen-bond donors (Lipinski definition) is 1. The summed E-state index contributed by atoms with van der Waals surface area (Å²) in [6, 6.07) is 14.2. The van der Waals surface area contributed by atoms with Gasteiger partial charge in [0.25, 0.3) is 0 Å². The van der Waals surface area contributed by atoms with Crippen molar-refractivity contribution in [3.63, 3.8) is 0 Å². The molecule has 20 heavy (non-hydrogen) atoms. The molecule has 0 amide bonds. The van der Waals surface area contributed by atoms with E-state index in [2.05, 4.69) is 17.4 Å². The van der Waals surface area contributed by atoms with Crippen LogP contribution in [0.15, 0.2) is 42.5 Å². The third-order valence-corrected chi connectivity index (χ3v) is 4.82. The van der Waals surface area contributed by atoms with E-state index in [0.717, 1.165) is 23.6 Å². The van der Waals surface area contributed by atoms with E-state index >= 15 is 0 Å². The quantitative estimate of drug-likeness (QED) is 0.729. The Balaban J connectivity index is 1.62. The number of rotatable bonds is 3. The molecule has 0 atom stereocenters. The number of nitrogens with one attached hydrogen (secondary N) is 1. The maximum atomic E-state index is 6.18. The van der Waals surface area contributed by atoms with Crippen molar-refractivity contribution in [2.24, 2.45) is 0 Å². The molecule has 1 nitrogen and oxygen atoms in total. The van der Waals surface area contributed by atoms with Crippen molar-refractivity contribution in [2.75, 3.05) is 5.32 Å². The van der Waals surface area contributed by atoms with Crippen LogP contribution in [0.4, 0.5) is 5.69 Å². The van der Waals surface area contributed by atoms with Crippen LogP contribution >= 0.6 is 34.8 Å². The average molecular weight is 327 g/mol. The van der Waals surface area contributed by atoms with Crippen LogP contribution in [-0.2, 0) is 0 Å². The van der Waals surface area contributed by atoms with Gasteiger partial charge in [0.15, 0.2) is 0 Å². The zero-order valence-corrected chi connectivity index (χ0v) is 13.0. The second-order valence-electron chi connectivity index (χ2n) is 5.17. The molecule has 104 valence electrons. The highest BCUT2D eigenvalue weighted by molar-refractivity contribution is 6.43. The lowest BCUT2D eigenvalue weighted by atomic mass is 9.76. The number of halogens is 3. The first-order chi connectivity index (χ1) is 9.63. The molecule has 0 bridgehead atoms. The van der Waals surface area contributed by atoms with Crippen molar-refractivity contribution in [3.8, 4) is 0 Å². The van der Waals surface area contributed by atoms with Crippen LogP contribution in [0.3, 0.4) is 0 Å². The molecule has 0 saturated heterocycles. The fraction of sp³-hybridized carbons (Fsp3) is 0.250. The van der Waals surface area contributed by atoms with Crippen LogP contribution in [-0.4, -0.2) is 6.04 Å². The molecule has 0 unspecified atom stereocenters. The predicted molar refractivity (Wildman–Crippen MR) is 87.3 cm³/mol. The van der Waals surface area contributed by atoms with Gasteiger partial charge in [-0.1, -0.05) is 53.0 Å². The zero-order chi connectivity index (χ0) is 14.1. The van der Waals surface area contributed by atoms with E-state index in [0.29, 0.717) is 22.0 Å². The number of anilines is 1. The fourth-order valence-electron chi connectivity index (χ4n) is 2.60. The molecular formula is C16H14Cl3N. The molecule has 4 heteroatoms. The maximum absolute atomic E-state index is 6.18. The van der Waals surface area contributed by atoms with Crippen LogP contribution in [0, 0.1) is 0 Å². The summed E-state index contributed by atoms with van der Waals surface area (Å²) in [6.07, 6.45) is 2.17. The first-order valence-electron chi connectivity index (χ1n) is 6.59. The minimum Gasteiger partial charge on any atom is -0.381 e. The van der Waals surface area contributed by atoms with E-state index in [-0.39, 0.29) is 0 Å². The smallest absolute Gasteiger partial charge is 0.0823 e. The van der Waals surface area contributed by atoms with Gasteiger partial charge >= 0.3 is 0 Å². The van der Waals surface area contributed by atoms with Crippen molar-refractivity contribution in [3.05, 3.63) is 63.1 Å². The van der Waals surface area contributed by atoms with Gasteiger partial charge in [-0.25, -0.2) is 0 Å². The maximum Gasteiger partial charge on any atom is 0.0823 e. The highest BCUT2D eigenvalue weighted by Crippen LogP contribution is 2.40. The molecule has 2 aromatic rings. The fourth-order valence-corrected chi connectivity index (χ4v) is 3.16. The second-order valence-corrected chi connectivity index (χ2v) is 6.39. The Morgan fingerprint density at radius 1 is 0.950 bits per heavy atom. The molecule has 0 aliphatic heterocycles. The molecule has 0 spiro atoms. The molecule has 2 aromatic carbocycles. The first-order valence-corrected chi connectivity index (χ1v) is 7.73. The summed E-state index contributed by atoms with van der Waals surface area (Å²) >= 11 is 18.2. The summed E-state index contributed by atoms with van der Waals surface area (Å²) in [5, 5.41) is 5.44. The van der Waals surface area contributed by atoms with Gasteiger partial charge in [-0.05, 0) is 48.6 Å². The summed E-state index contributed by atoms with van der Waals surface area (Å²) in [7, 11) is 0. The molecule has 1 aliphatic rings. The van der Waals surface area contributed by atoms with Crippen LogP contribution < -0.4 is 5.32 Å². The molecule has 1 N–H and O–H groups in total. The van der Waals surface area contributed by atoms with Gasteiger partial charge in [0.05, 0.1) is 15.7 Å². The summed E-state index contributed by atoms with van der Waals surface area (Å²) in [5.41, 5.74) is 2.22. The van der Waals surface area contributed by atoms with E-state index in [1.807, 2.05) is 24.3 Å². The SMILES string of the molecule is Clc1cccc(C2CC(Nc3cccc(Cl)c3Cl)C2)c1. The van der Waals surface area contributed by atoms with E-state index in [1.165, 1.54) is 5.56 Å². The molecule has 3 rings (SSSR count). The molecule has 1 fully saturated rings. The molecule has 0 aromatic heterocycles. The third-order valence-electron chi connectivity index (χ3n) is 3.77. The minimum atomic E-state index is 0.440. The Kier molecular flexibility index (Phi) is 4.11. The first kappa shape index (κ1) is 14.1. The van der Waals surface area contributed by atoms with Crippen molar-refractivity contribution < 1.29 is 0 Å². The van der Waals surface area contributed by atoms with Crippen molar-refractivity contribution in [1.29, 1.82) is 0 Å². The van der Waals surface area contributed by atoms with Crippen LogP contribution in [0.5, 0.6) is 0 Å². The predicted octanol–water partition coefficient (Wildman–Crippen LogP) is 6.00. The average Bonchev–Trinajstić information content (AvgIpc) is 2.38. The number of benzene rings is 2. The molecule has 1 aliphatic carbocycles. The Morgan fingerprint density at radius 3 is 2.45 bits per heavy atom. The van der Waals surface area contributed by atoms with Crippen molar-refractivity contribution in [2.45, 2.75) is 24.8 Å².